The van der Waals surface area contributed by atoms with Crippen LogP contribution in [0.1, 0.15) is 76.4 Å². The van der Waals surface area contributed by atoms with Gasteiger partial charge in [-0.1, -0.05) is 38.3 Å². The van der Waals surface area contributed by atoms with Gasteiger partial charge in [0.05, 0.1) is 5.92 Å². The van der Waals surface area contributed by atoms with E-state index >= 15 is 0 Å². The highest BCUT2D eigenvalue weighted by Crippen LogP contribution is 2.27. The molecule has 2 fully saturated rings. The number of hydrogen-bond acceptors (Lipinski definition) is 5. The molecule has 0 unspecified atom stereocenters. The van der Waals surface area contributed by atoms with Gasteiger partial charge in [-0.2, -0.15) is 4.98 Å². The van der Waals surface area contributed by atoms with Crippen molar-refractivity contribution in [3.05, 3.63) is 11.7 Å². The highest BCUT2D eigenvalue weighted by molar-refractivity contribution is 5.78. The highest BCUT2D eigenvalue weighted by Gasteiger charge is 2.30. The van der Waals surface area contributed by atoms with Crippen molar-refractivity contribution in [1.82, 2.24) is 20.4 Å². The molecule has 0 radical (unpaired) electrons. The van der Waals surface area contributed by atoms with E-state index in [0.29, 0.717) is 30.7 Å². The second-order valence-electron chi connectivity index (χ2n) is 7.87. The molecular formula is C19H32N4O2. The Labute approximate surface area is 150 Å². The molecule has 1 aromatic rings. The zero-order chi connectivity index (χ0) is 17.6. The number of amides is 1. The van der Waals surface area contributed by atoms with Crippen LogP contribution in [-0.4, -0.2) is 46.6 Å². The Bertz CT molecular complexity index is 551. The minimum Gasteiger partial charge on any atom is -0.355 e. The van der Waals surface area contributed by atoms with Gasteiger partial charge < -0.3 is 9.84 Å². The van der Waals surface area contributed by atoms with Gasteiger partial charge in [0, 0.05) is 31.5 Å². The predicted molar refractivity (Wildman–Crippen MR) is 96.3 cm³/mol. The Morgan fingerprint density at radius 1 is 1.24 bits per heavy atom. The Hall–Kier alpha value is -1.43. The standard InChI is InChI=1S/C19H32N4O2/c1-14(2)19-21-17(22-25-19)10-11-20-18(24)15-7-6-12-23(13-15)16-8-4-3-5-9-16/h14-16H,3-13H2,1-2H3,(H,20,24)/t15-/m0/s1. The van der Waals surface area contributed by atoms with Crippen LogP contribution in [0.25, 0.3) is 0 Å². The summed E-state index contributed by atoms with van der Waals surface area (Å²) in [4.78, 5) is 19.5. The van der Waals surface area contributed by atoms with Gasteiger partial charge in [-0.05, 0) is 32.2 Å². The van der Waals surface area contributed by atoms with Gasteiger partial charge in [0.2, 0.25) is 11.8 Å². The Balaban J connectivity index is 1.42. The van der Waals surface area contributed by atoms with Gasteiger partial charge in [-0.3, -0.25) is 9.69 Å². The number of hydrogen-bond donors (Lipinski definition) is 1. The molecule has 1 saturated carbocycles. The number of nitrogens with zero attached hydrogens (tertiary/aromatic N) is 3. The third-order valence-electron chi connectivity index (χ3n) is 5.54. The summed E-state index contributed by atoms with van der Waals surface area (Å²) < 4.78 is 5.20. The van der Waals surface area contributed by atoms with Crippen molar-refractivity contribution in [3.63, 3.8) is 0 Å². The molecule has 140 valence electrons. The van der Waals surface area contributed by atoms with E-state index in [0.717, 1.165) is 25.9 Å². The third-order valence-corrected chi connectivity index (χ3v) is 5.54. The van der Waals surface area contributed by atoms with E-state index in [1.54, 1.807) is 0 Å². The van der Waals surface area contributed by atoms with Gasteiger partial charge in [-0.15, -0.1) is 0 Å². The lowest BCUT2D eigenvalue weighted by molar-refractivity contribution is -0.127. The van der Waals surface area contributed by atoms with Crippen molar-refractivity contribution in [2.24, 2.45) is 5.92 Å². The molecule has 1 aromatic heterocycles. The maximum atomic E-state index is 12.5. The van der Waals surface area contributed by atoms with Crippen molar-refractivity contribution in [2.75, 3.05) is 19.6 Å². The monoisotopic (exact) mass is 348 g/mol. The van der Waals surface area contributed by atoms with Crippen LogP contribution in [0.2, 0.25) is 0 Å². The quantitative estimate of drug-likeness (QED) is 0.856. The van der Waals surface area contributed by atoms with Gasteiger partial charge in [0.25, 0.3) is 0 Å². The van der Waals surface area contributed by atoms with Gasteiger partial charge in [-0.25, -0.2) is 0 Å². The van der Waals surface area contributed by atoms with Crippen LogP contribution in [0, 0.1) is 5.92 Å². The zero-order valence-electron chi connectivity index (χ0n) is 15.7. The topological polar surface area (TPSA) is 71.3 Å². The molecule has 1 atom stereocenters. The second-order valence-corrected chi connectivity index (χ2v) is 7.87. The Morgan fingerprint density at radius 3 is 2.76 bits per heavy atom. The molecule has 3 rings (SSSR count). The van der Waals surface area contributed by atoms with E-state index in [-0.39, 0.29) is 17.7 Å². The number of nitrogens with one attached hydrogen (secondary N) is 1. The lowest BCUT2D eigenvalue weighted by atomic mass is 9.90. The summed E-state index contributed by atoms with van der Waals surface area (Å²) in [6, 6.07) is 0.707. The summed E-state index contributed by atoms with van der Waals surface area (Å²) in [7, 11) is 0. The van der Waals surface area contributed by atoms with Crippen LogP contribution in [0.3, 0.4) is 0 Å². The minimum absolute atomic E-state index is 0.132. The molecule has 0 aromatic carbocycles. The highest BCUT2D eigenvalue weighted by atomic mass is 16.5. The molecular weight excluding hydrogens is 316 g/mol. The minimum atomic E-state index is 0.132. The van der Waals surface area contributed by atoms with Crippen LogP contribution in [0.4, 0.5) is 0 Å². The molecule has 25 heavy (non-hydrogen) atoms. The van der Waals surface area contributed by atoms with E-state index in [4.69, 9.17) is 4.52 Å². The summed E-state index contributed by atoms with van der Waals surface area (Å²) in [6.45, 7) is 6.72. The largest absolute Gasteiger partial charge is 0.355 e. The maximum Gasteiger partial charge on any atom is 0.229 e. The predicted octanol–water partition coefficient (Wildman–Crippen LogP) is 2.90. The van der Waals surface area contributed by atoms with Crippen LogP contribution in [0.5, 0.6) is 0 Å². The first-order valence-corrected chi connectivity index (χ1v) is 9.97. The number of carbonyl (C=O) groups is 1. The van der Waals surface area contributed by atoms with E-state index in [1.807, 2.05) is 13.8 Å². The second kappa shape index (κ2) is 8.79. The van der Waals surface area contributed by atoms with Crippen LogP contribution < -0.4 is 5.32 Å². The lowest BCUT2D eigenvalue weighted by Crippen LogP contribution is -2.47. The molecule has 1 aliphatic heterocycles. The van der Waals surface area contributed by atoms with E-state index in [2.05, 4.69) is 20.4 Å². The first-order valence-electron chi connectivity index (χ1n) is 9.97. The average molecular weight is 348 g/mol. The summed E-state index contributed by atoms with van der Waals surface area (Å²) in [5, 5.41) is 7.05. The molecule has 6 heteroatoms. The summed E-state index contributed by atoms with van der Waals surface area (Å²) in [5.74, 6) is 1.90. The normalized spacial score (nSPS) is 23.1. The molecule has 1 amide bonds. The first-order chi connectivity index (χ1) is 12.1. The third kappa shape index (κ3) is 5.03. The van der Waals surface area contributed by atoms with Gasteiger partial charge in [0.15, 0.2) is 5.82 Å². The number of carbonyl (C=O) groups excluding carboxylic acids is 1. The fraction of sp³-hybridized carbons (Fsp3) is 0.842. The smallest absolute Gasteiger partial charge is 0.229 e. The maximum absolute atomic E-state index is 12.5. The van der Waals surface area contributed by atoms with Crippen molar-refractivity contribution in [1.29, 1.82) is 0 Å². The Kier molecular flexibility index (Phi) is 6.45. The van der Waals surface area contributed by atoms with E-state index in [9.17, 15) is 4.79 Å². The Morgan fingerprint density at radius 2 is 2.04 bits per heavy atom. The SMILES string of the molecule is CC(C)c1nc(CCNC(=O)[C@H]2CCCN(C3CCCCC3)C2)no1. The van der Waals surface area contributed by atoms with Gasteiger partial charge >= 0.3 is 0 Å². The fourth-order valence-electron chi connectivity index (χ4n) is 4.04. The molecule has 0 bridgehead atoms. The average Bonchev–Trinajstić information content (AvgIpc) is 3.12. The van der Waals surface area contributed by atoms with Crippen molar-refractivity contribution < 1.29 is 9.32 Å². The number of aromatic nitrogens is 2. The number of rotatable bonds is 6. The molecule has 1 N–H and O–H groups in total. The summed E-state index contributed by atoms with van der Waals surface area (Å²) >= 11 is 0. The van der Waals surface area contributed by atoms with Crippen molar-refractivity contribution >= 4 is 5.91 Å². The molecule has 0 spiro atoms. The number of piperidine rings is 1. The molecule has 2 aliphatic rings. The number of likely N-dealkylation sites (tertiary alicyclic amines) is 1. The summed E-state index contributed by atoms with van der Waals surface area (Å²) in [5.41, 5.74) is 0. The molecule has 1 aliphatic carbocycles. The molecule has 1 saturated heterocycles. The van der Waals surface area contributed by atoms with E-state index in [1.165, 1.54) is 32.1 Å². The first kappa shape index (κ1) is 18.4. The van der Waals surface area contributed by atoms with Crippen molar-refractivity contribution in [3.8, 4) is 0 Å². The zero-order valence-corrected chi connectivity index (χ0v) is 15.7. The van der Waals surface area contributed by atoms with Crippen LogP contribution >= 0.6 is 0 Å². The van der Waals surface area contributed by atoms with Crippen LogP contribution in [0.15, 0.2) is 4.52 Å². The fourth-order valence-corrected chi connectivity index (χ4v) is 4.04. The van der Waals surface area contributed by atoms with Crippen LogP contribution in [-0.2, 0) is 11.2 Å². The summed E-state index contributed by atoms with van der Waals surface area (Å²) in [6.07, 6.45) is 9.46. The van der Waals surface area contributed by atoms with Crippen molar-refractivity contribution in [2.45, 2.75) is 77.2 Å². The van der Waals surface area contributed by atoms with E-state index < -0.39 is 0 Å². The molecule has 2 heterocycles. The molecule has 6 nitrogen and oxygen atoms in total. The lowest BCUT2D eigenvalue weighted by Gasteiger charge is -2.39. The van der Waals surface area contributed by atoms with Gasteiger partial charge in [0.1, 0.15) is 0 Å².